The van der Waals surface area contributed by atoms with Gasteiger partial charge in [-0.05, 0) is 93.9 Å². The van der Waals surface area contributed by atoms with Crippen LogP contribution in [0, 0.1) is 12.5 Å². The molecule has 196 valence electrons. The molecular formula is C29H35FN4O3. The third-order valence-corrected chi connectivity index (χ3v) is 7.17. The van der Waals surface area contributed by atoms with Gasteiger partial charge in [0.05, 0.1) is 13.2 Å². The molecule has 2 saturated heterocycles. The number of carbonyl (C=O) groups is 2. The third kappa shape index (κ3) is 6.66. The number of rotatable bonds is 8. The number of likely N-dealkylation sites (tertiary alicyclic amines) is 2. The van der Waals surface area contributed by atoms with Crippen LogP contribution >= 0.6 is 0 Å². The number of carbonyl (C=O) groups excluding carboxylic acids is 2. The van der Waals surface area contributed by atoms with Crippen LogP contribution in [0.1, 0.15) is 49.9 Å². The molecule has 2 heterocycles. The van der Waals surface area contributed by atoms with Crippen molar-refractivity contribution >= 4 is 17.5 Å². The summed E-state index contributed by atoms with van der Waals surface area (Å²) >= 11 is 0. The van der Waals surface area contributed by atoms with Crippen LogP contribution in [0.15, 0.2) is 42.5 Å². The summed E-state index contributed by atoms with van der Waals surface area (Å²) in [6, 6.07) is 12.2. The van der Waals surface area contributed by atoms with Gasteiger partial charge in [0, 0.05) is 18.7 Å². The molecule has 2 aliphatic rings. The molecule has 4 rings (SSSR count). The molecule has 2 aliphatic heterocycles. The van der Waals surface area contributed by atoms with E-state index in [2.05, 4.69) is 9.74 Å². The average molecular weight is 507 g/mol. The quantitative estimate of drug-likeness (QED) is 0.520. The van der Waals surface area contributed by atoms with Gasteiger partial charge in [-0.25, -0.2) is 9.24 Å². The van der Waals surface area contributed by atoms with Crippen LogP contribution in [0.2, 0.25) is 0 Å². The largest absolute Gasteiger partial charge is 0.504 e. The van der Waals surface area contributed by atoms with Crippen molar-refractivity contribution in [2.45, 2.75) is 51.2 Å². The second kappa shape index (κ2) is 11.3. The minimum absolute atomic E-state index is 0.197. The summed E-state index contributed by atoms with van der Waals surface area (Å²) in [7, 11) is 0. The molecule has 0 radical (unpaired) electrons. The Balaban J connectivity index is 1.36. The predicted octanol–water partition coefficient (Wildman–Crippen LogP) is 4.83. The third-order valence-electron chi connectivity index (χ3n) is 7.17. The Morgan fingerprint density at radius 1 is 1.08 bits per heavy atom. The van der Waals surface area contributed by atoms with Gasteiger partial charge in [0.1, 0.15) is 17.5 Å². The first-order chi connectivity index (χ1) is 17.6. The van der Waals surface area contributed by atoms with Crippen LogP contribution in [-0.2, 0) is 4.79 Å². The number of halogens is 1. The highest BCUT2D eigenvalue weighted by molar-refractivity contribution is 5.98. The van der Waals surface area contributed by atoms with Gasteiger partial charge in [0.25, 0.3) is 5.91 Å². The fraction of sp³-hybridized carbons (Fsp3) is 0.483. The van der Waals surface area contributed by atoms with Crippen molar-refractivity contribution in [3.05, 3.63) is 59.4 Å². The Kier molecular flexibility index (Phi) is 8.13. The molecule has 2 N–H and O–H groups in total. The maximum atomic E-state index is 13.9. The molecule has 0 unspecified atom stereocenters. The minimum atomic E-state index is -1.19. The predicted molar refractivity (Wildman–Crippen MR) is 141 cm³/mol. The smallest absolute Gasteiger partial charge is 0.254 e. The Hall–Kier alpha value is -3.44. The van der Waals surface area contributed by atoms with Crippen molar-refractivity contribution in [1.29, 1.82) is 0 Å². The van der Waals surface area contributed by atoms with Gasteiger partial charge in [-0.15, -0.1) is 0 Å². The molecule has 0 spiro atoms. The van der Waals surface area contributed by atoms with Crippen molar-refractivity contribution in [2.24, 2.45) is 11.7 Å². The number of benzene rings is 2. The van der Waals surface area contributed by atoms with Gasteiger partial charge >= 0.3 is 0 Å². The Labute approximate surface area is 218 Å². The summed E-state index contributed by atoms with van der Waals surface area (Å²) in [5.74, 6) is 0.275. The minimum Gasteiger partial charge on any atom is -0.504 e. The van der Waals surface area contributed by atoms with Gasteiger partial charge in [0.2, 0.25) is 11.6 Å². The van der Waals surface area contributed by atoms with E-state index < -0.39 is 17.6 Å². The van der Waals surface area contributed by atoms with Crippen LogP contribution in [0.4, 0.5) is 10.1 Å². The summed E-state index contributed by atoms with van der Waals surface area (Å²) in [6.45, 7) is 14.1. The zero-order valence-corrected chi connectivity index (χ0v) is 21.6. The van der Waals surface area contributed by atoms with Gasteiger partial charge < -0.3 is 20.3 Å². The van der Waals surface area contributed by atoms with Gasteiger partial charge in [0.15, 0.2) is 0 Å². The van der Waals surface area contributed by atoms with Crippen LogP contribution in [0.5, 0.6) is 5.75 Å². The number of alkyl halides is 1. The molecule has 2 aromatic rings. The lowest BCUT2D eigenvalue weighted by atomic mass is 9.96. The highest BCUT2D eigenvalue weighted by Crippen LogP contribution is 2.34. The topological polar surface area (TPSA) is 80.2 Å². The molecule has 0 bridgehead atoms. The monoisotopic (exact) mass is 506 g/mol. The van der Waals surface area contributed by atoms with Crippen LogP contribution in [0.3, 0.4) is 0 Å². The number of piperidine rings is 1. The second-order valence-electron chi connectivity index (χ2n) is 10.7. The molecule has 2 aromatic carbocycles. The van der Waals surface area contributed by atoms with E-state index in [1.54, 1.807) is 36.9 Å². The summed E-state index contributed by atoms with van der Waals surface area (Å²) in [5.41, 5.74) is 6.94. The lowest BCUT2D eigenvalue weighted by molar-refractivity contribution is -0.121. The number of primary amides is 1. The highest BCUT2D eigenvalue weighted by atomic mass is 19.1. The van der Waals surface area contributed by atoms with Crippen LogP contribution in [0.25, 0.3) is 16.0 Å². The lowest BCUT2D eigenvalue weighted by Gasteiger charge is -2.34. The number of nitrogens with two attached hydrogens (primary N) is 1. The molecule has 0 aliphatic carbocycles. The SMILES string of the molecule is [C-]#[N+]c1cc(-c2ccc(C(=O)N3CCC[C@H]3C(N)=O)cc2)ccc1OCC1CCN(CC(C)(C)F)CC1. The second-order valence-corrected chi connectivity index (χ2v) is 10.7. The average Bonchev–Trinajstić information content (AvgIpc) is 3.37. The fourth-order valence-corrected chi connectivity index (χ4v) is 5.23. The van der Waals surface area contributed by atoms with E-state index in [1.165, 1.54) is 0 Å². The lowest BCUT2D eigenvalue weighted by Crippen LogP contribution is -2.43. The first-order valence-electron chi connectivity index (χ1n) is 12.9. The zero-order chi connectivity index (χ0) is 26.6. The molecule has 1 atom stereocenters. The van der Waals surface area contributed by atoms with Gasteiger partial charge in [-0.2, -0.15) is 0 Å². The van der Waals surface area contributed by atoms with Crippen LogP contribution < -0.4 is 10.5 Å². The van der Waals surface area contributed by atoms with E-state index in [0.29, 0.717) is 49.0 Å². The number of hydrogen-bond acceptors (Lipinski definition) is 4. The van der Waals surface area contributed by atoms with Crippen molar-refractivity contribution < 1.29 is 18.7 Å². The van der Waals surface area contributed by atoms with E-state index in [-0.39, 0.29) is 5.91 Å². The van der Waals surface area contributed by atoms with E-state index >= 15 is 0 Å². The standard InChI is InChI=1S/C29H35FN4O3/c1-29(2,30)19-33-15-12-20(13-16-33)18-37-26-11-10-23(17-24(26)32-3)21-6-8-22(9-7-21)28(36)34-14-4-5-25(34)27(31)35/h6-11,17,20,25H,4-5,12-16,18-19H2,1-2H3,(H2,31,35)/t25-/m0/s1. The number of amides is 2. The van der Waals surface area contributed by atoms with Crippen molar-refractivity contribution in [3.8, 4) is 16.9 Å². The molecule has 8 heteroatoms. The molecule has 37 heavy (non-hydrogen) atoms. The van der Waals surface area contributed by atoms with Crippen molar-refractivity contribution in [3.63, 3.8) is 0 Å². The van der Waals surface area contributed by atoms with E-state index in [4.69, 9.17) is 17.0 Å². The first-order valence-corrected chi connectivity index (χ1v) is 12.9. The fourth-order valence-electron chi connectivity index (χ4n) is 5.23. The summed E-state index contributed by atoms with van der Waals surface area (Å²) < 4.78 is 19.9. The Morgan fingerprint density at radius 2 is 1.76 bits per heavy atom. The molecule has 2 fully saturated rings. The number of nitrogens with zero attached hydrogens (tertiary/aromatic N) is 3. The molecule has 7 nitrogen and oxygen atoms in total. The Bertz CT molecular complexity index is 1160. The number of ether oxygens (including phenoxy) is 1. The van der Waals surface area contributed by atoms with Gasteiger partial charge in [-0.1, -0.05) is 18.2 Å². The van der Waals surface area contributed by atoms with Gasteiger partial charge in [-0.3, -0.25) is 9.59 Å². The highest BCUT2D eigenvalue weighted by Gasteiger charge is 2.33. The van der Waals surface area contributed by atoms with Crippen LogP contribution in [-0.4, -0.2) is 66.1 Å². The van der Waals surface area contributed by atoms with Crippen molar-refractivity contribution in [2.75, 3.05) is 32.8 Å². The van der Waals surface area contributed by atoms with E-state index in [9.17, 15) is 14.0 Å². The molecule has 0 aromatic heterocycles. The summed E-state index contributed by atoms with van der Waals surface area (Å²) in [6.07, 6.45) is 3.26. The number of hydrogen-bond donors (Lipinski definition) is 1. The molecule has 0 saturated carbocycles. The van der Waals surface area contributed by atoms with E-state index in [0.717, 1.165) is 43.5 Å². The first kappa shape index (κ1) is 26.6. The van der Waals surface area contributed by atoms with Crippen molar-refractivity contribution in [1.82, 2.24) is 9.80 Å². The maximum Gasteiger partial charge on any atom is 0.254 e. The molecular weight excluding hydrogens is 471 g/mol. The molecule has 2 amide bonds. The van der Waals surface area contributed by atoms with E-state index in [1.807, 2.05) is 24.3 Å². The Morgan fingerprint density at radius 3 is 2.38 bits per heavy atom. The summed E-state index contributed by atoms with van der Waals surface area (Å²) in [4.78, 5) is 31.9. The maximum absolute atomic E-state index is 13.9. The normalized spacial score (nSPS) is 19.0. The zero-order valence-electron chi connectivity index (χ0n) is 21.6. The summed E-state index contributed by atoms with van der Waals surface area (Å²) in [5, 5.41) is 0.